The summed E-state index contributed by atoms with van der Waals surface area (Å²) in [5, 5.41) is 0. The Labute approximate surface area is 220 Å². The summed E-state index contributed by atoms with van der Waals surface area (Å²) in [5.41, 5.74) is -0.560. The lowest BCUT2D eigenvalue weighted by atomic mass is 10.1. The zero-order chi connectivity index (χ0) is 27.8. The van der Waals surface area contributed by atoms with Gasteiger partial charge in [-0.05, 0) is 34.6 Å². The number of carbonyl (C=O) groups is 4. The Hall–Kier alpha value is -3.00. The van der Waals surface area contributed by atoms with Crippen LogP contribution in [0.3, 0.4) is 0 Å². The van der Waals surface area contributed by atoms with E-state index < -0.39 is 41.8 Å². The zero-order valence-corrected chi connectivity index (χ0v) is 23.2. The maximum absolute atomic E-state index is 12.8. The summed E-state index contributed by atoms with van der Waals surface area (Å²) in [6.45, 7) is 13.1. The molecule has 1 aliphatic rings. The summed E-state index contributed by atoms with van der Waals surface area (Å²) in [4.78, 5) is 51.9. The first kappa shape index (κ1) is 30.2. The summed E-state index contributed by atoms with van der Waals surface area (Å²) in [5.74, 6) is -1.76. The fourth-order valence-electron chi connectivity index (χ4n) is 3.48. The molecule has 208 valence electrons. The standard InChI is InChI=1S/C23H36N4O9S/c1-14(34-17(4)29)21(30)35-15(2)22(31)36-18(12-27(16(3)28)23(5,6)7)13-33-20-19(24-37-25-20)26-8-10-32-11-9-26/h14-15,18H,8-13H2,1-7H3/t14?,15?,18-/m0/s1. The van der Waals surface area contributed by atoms with E-state index in [2.05, 4.69) is 8.75 Å². The molecule has 0 spiro atoms. The molecular weight excluding hydrogens is 508 g/mol. The molecule has 0 aliphatic carbocycles. The van der Waals surface area contributed by atoms with Crippen molar-refractivity contribution in [3.8, 4) is 5.88 Å². The lowest BCUT2D eigenvalue weighted by Crippen LogP contribution is -2.50. The number of esters is 3. The van der Waals surface area contributed by atoms with E-state index in [0.29, 0.717) is 32.1 Å². The third kappa shape index (κ3) is 9.43. The molecule has 2 unspecified atom stereocenters. The van der Waals surface area contributed by atoms with Crippen molar-refractivity contribution in [2.75, 3.05) is 44.4 Å². The zero-order valence-electron chi connectivity index (χ0n) is 22.3. The number of hydrogen-bond acceptors (Lipinski definition) is 13. The topological polar surface area (TPSA) is 147 Å². The maximum atomic E-state index is 12.8. The summed E-state index contributed by atoms with van der Waals surface area (Å²) in [7, 11) is 0. The molecule has 1 aliphatic heterocycles. The molecular formula is C23H36N4O9S. The van der Waals surface area contributed by atoms with Crippen molar-refractivity contribution in [1.82, 2.24) is 13.6 Å². The van der Waals surface area contributed by atoms with E-state index in [4.69, 9.17) is 23.7 Å². The SMILES string of the molecule is CC(=O)OC(C)C(=O)OC(C)C(=O)O[C@H](COc1nsnc1N1CCOCC1)CN(C(C)=O)C(C)(C)C. The smallest absolute Gasteiger partial charge is 0.347 e. The average Bonchev–Trinajstić information content (AvgIpc) is 3.28. The first-order chi connectivity index (χ1) is 17.3. The highest BCUT2D eigenvalue weighted by molar-refractivity contribution is 6.99. The molecule has 1 fully saturated rings. The molecule has 14 heteroatoms. The van der Waals surface area contributed by atoms with E-state index in [-0.39, 0.29) is 24.9 Å². The van der Waals surface area contributed by atoms with Gasteiger partial charge >= 0.3 is 17.9 Å². The highest BCUT2D eigenvalue weighted by Crippen LogP contribution is 2.27. The fraction of sp³-hybridized carbons (Fsp3) is 0.739. The fourth-order valence-corrected chi connectivity index (χ4v) is 4.00. The van der Waals surface area contributed by atoms with Crippen LogP contribution in [0.4, 0.5) is 5.82 Å². The highest BCUT2D eigenvalue weighted by Gasteiger charge is 2.32. The van der Waals surface area contributed by atoms with Gasteiger partial charge in [0.1, 0.15) is 6.61 Å². The van der Waals surface area contributed by atoms with Crippen molar-refractivity contribution in [3.63, 3.8) is 0 Å². The number of nitrogens with zero attached hydrogens (tertiary/aromatic N) is 4. The number of morpholine rings is 1. The number of amides is 1. The molecule has 2 heterocycles. The molecule has 37 heavy (non-hydrogen) atoms. The summed E-state index contributed by atoms with van der Waals surface area (Å²) < 4.78 is 35.3. The van der Waals surface area contributed by atoms with Crippen LogP contribution in [-0.4, -0.2) is 101 Å². The van der Waals surface area contributed by atoms with Gasteiger partial charge < -0.3 is 33.5 Å². The minimum absolute atomic E-state index is 0.0273. The molecule has 0 aromatic carbocycles. The highest BCUT2D eigenvalue weighted by atomic mass is 32.1. The second kappa shape index (κ2) is 13.5. The monoisotopic (exact) mass is 544 g/mol. The Bertz CT molecular complexity index is 943. The van der Waals surface area contributed by atoms with E-state index in [1.807, 2.05) is 25.7 Å². The van der Waals surface area contributed by atoms with Crippen LogP contribution in [-0.2, 0) is 38.1 Å². The third-order valence-corrected chi connectivity index (χ3v) is 5.82. The van der Waals surface area contributed by atoms with Gasteiger partial charge in [0.2, 0.25) is 11.7 Å². The van der Waals surface area contributed by atoms with E-state index in [0.717, 1.165) is 18.7 Å². The second-order valence-electron chi connectivity index (χ2n) is 9.49. The van der Waals surface area contributed by atoms with Gasteiger partial charge in [0.05, 0.1) is 31.5 Å². The van der Waals surface area contributed by atoms with E-state index in [9.17, 15) is 19.2 Å². The molecule has 3 atom stereocenters. The average molecular weight is 545 g/mol. The van der Waals surface area contributed by atoms with E-state index in [1.165, 1.54) is 20.8 Å². The minimum atomic E-state index is -1.29. The Morgan fingerprint density at radius 1 is 1.00 bits per heavy atom. The lowest BCUT2D eigenvalue weighted by molar-refractivity contribution is -0.179. The van der Waals surface area contributed by atoms with E-state index >= 15 is 0 Å². The predicted octanol–water partition coefficient (Wildman–Crippen LogP) is 1.20. The number of ether oxygens (including phenoxy) is 5. The van der Waals surface area contributed by atoms with Crippen LogP contribution in [0.5, 0.6) is 5.88 Å². The number of aromatic nitrogens is 2. The molecule has 13 nitrogen and oxygen atoms in total. The van der Waals surface area contributed by atoms with Crippen molar-refractivity contribution in [2.24, 2.45) is 0 Å². The predicted molar refractivity (Wildman–Crippen MR) is 132 cm³/mol. The molecule has 0 bridgehead atoms. The van der Waals surface area contributed by atoms with Crippen LogP contribution in [0.2, 0.25) is 0 Å². The quantitative estimate of drug-likeness (QED) is 0.291. The largest absolute Gasteiger partial charge is 0.470 e. The van der Waals surface area contributed by atoms with Crippen LogP contribution in [0, 0.1) is 0 Å². The van der Waals surface area contributed by atoms with E-state index in [1.54, 1.807) is 4.90 Å². The van der Waals surface area contributed by atoms with Crippen LogP contribution in [0.1, 0.15) is 48.5 Å². The Kier molecular flexibility index (Phi) is 11.0. The van der Waals surface area contributed by atoms with Crippen LogP contribution < -0.4 is 9.64 Å². The van der Waals surface area contributed by atoms with Gasteiger partial charge in [0, 0.05) is 32.5 Å². The molecule has 0 N–H and O–H groups in total. The second-order valence-corrected chi connectivity index (χ2v) is 10.0. The number of rotatable bonds is 11. The van der Waals surface area contributed by atoms with Crippen molar-refractivity contribution >= 4 is 41.4 Å². The molecule has 1 aromatic rings. The van der Waals surface area contributed by atoms with Crippen molar-refractivity contribution in [2.45, 2.75) is 72.3 Å². The molecule has 2 rings (SSSR count). The van der Waals surface area contributed by atoms with Crippen LogP contribution >= 0.6 is 11.7 Å². The molecule has 1 amide bonds. The lowest BCUT2D eigenvalue weighted by Gasteiger charge is -2.37. The summed E-state index contributed by atoms with van der Waals surface area (Å²) in [6.07, 6.45) is -3.39. The van der Waals surface area contributed by atoms with Crippen molar-refractivity contribution < 1.29 is 42.9 Å². The normalized spacial score (nSPS) is 16.2. The number of anilines is 1. The van der Waals surface area contributed by atoms with Crippen LogP contribution in [0.15, 0.2) is 0 Å². The summed E-state index contributed by atoms with van der Waals surface area (Å²) >= 11 is 0.994. The number of hydrogen-bond donors (Lipinski definition) is 0. The van der Waals surface area contributed by atoms with Crippen molar-refractivity contribution in [3.05, 3.63) is 0 Å². The minimum Gasteiger partial charge on any atom is -0.470 e. The molecule has 1 aromatic heterocycles. The number of carbonyl (C=O) groups excluding carboxylic acids is 4. The van der Waals surface area contributed by atoms with Gasteiger partial charge in [-0.1, -0.05) is 0 Å². The van der Waals surface area contributed by atoms with Gasteiger partial charge in [-0.2, -0.15) is 4.37 Å². The van der Waals surface area contributed by atoms with Crippen LogP contribution in [0.25, 0.3) is 0 Å². The van der Waals surface area contributed by atoms with Gasteiger partial charge in [-0.15, -0.1) is 4.37 Å². The van der Waals surface area contributed by atoms with Gasteiger partial charge in [-0.25, -0.2) is 9.59 Å². The first-order valence-electron chi connectivity index (χ1n) is 11.9. The molecule has 0 saturated carbocycles. The Balaban J connectivity index is 2.12. The van der Waals surface area contributed by atoms with Gasteiger partial charge in [0.25, 0.3) is 5.88 Å². The van der Waals surface area contributed by atoms with Gasteiger partial charge in [-0.3, -0.25) is 9.59 Å². The third-order valence-electron chi connectivity index (χ3n) is 5.32. The Morgan fingerprint density at radius 3 is 2.16 bits per heavy atom. The Morgan fingerprint density at radius 2 is 1.59 bits per heavy atom. The van der Waals surface area contributed by atoms with Gasteiger partial charge in [0.15, 0.2) is 18.3 Å². The van der Waals surface area contributed by atoms with Crippen molar-refractivity contribution in [1.29, 1.82) is 0 Å². The summed E-state index contributed by atoms with van der Waals surface area (Å²) in [6, 6.07) is 0. The molecule has 1 saturated heterocycles. The first-order valence-corrected chi connectivity index (χ1v) is 12.7. The maximum Gasteiger partial charge on any atom is 0.347 e. The molecule has 0 radical (unpaired) electrons.